The average molecular weight is 1070 g/mol. The van der Waals surface area contributed by atoms with Crippen molar-refractivity contribution < 1.29 is 16.8 Å². The van der Waals surface area contributed by atoms with Gasteiger partial charge in [0.25, 0.3) is 0 Å². The predicted octanol–water partition coefficient (Wildman–Crippen LogP) is 12.6. The predicted molar refractivity (Wildman–Crippen MR) is 294 cm³/mol. The van der Waals surface area contributed by atoms with Crippen LogP contribution in [0.1, 0.15) is 7.43 Å². The molecule has 0 unspecified atom stereocenters. The maximum atomic E-state index is 8.29. The summed E-state index contributed by atoms with van der Waals surface area (Å²) in [6, 6.07) is 51.3. The molecule has 0 radical (unpaired) electrons. The minimum Gasteiger partial charge on any atom is -0.399 e. The van der Waals surface area contributed by atoms with E-state index in [-0.39, 0.29) is 12.7 Å². The standard InChI is InChI=1S/C24H18ClN5.C18H11Cl2N3.C6H8N2.CH4NP.CH4.2O2S/c25-21-14-27-24(28-17-8-6-7-16(26)13-17)29-23(21)20-15-30(18-9-2-1-3-10-18)22-12-5-4-11-19(20)22;19-15-10-21-18(20)22-17(15)14-11-23(12-6-2-1-3-7-12)16-9-5-4-8-13(14)16;7-5-2-1-3-6(8)4-5;1-2-3;;2*1-3-2/h1-15H,26H2,(H,27,28,29);1-11H;1-4H,7-8H2;3H,1H3;1H4;;. The van der Waals surface area contributed by atoms with Crippen LogP contribution in [0.5, 0.6) is 0 Å². The van der Waals surface area contributed by atoms with Gasteiger partial charge in [-0.1, -0.05) is 116 Å². The van der Waals surface area contributed by atoms with E-state index >= 15 is 0 Å². The van der Waals surface area contributed by atoms with E-state index in [1.54, 1.807) is 31.4 Å². The van der Waals surface area contributed by atoms with Crippen LogP contribution in [-0.2, 0) is 23.1 Å². The number of benzene rings is 6. The largest absolute Gasteiger partial charge is 0.399 e. The summed E-state index contributed by atoms with van der Waals surface area (Å²) in [5.74, 6) is 0.455. The zero-order chi connectivity index (χ0) is 50.4. The van der Waals surface area contributed by atoms with Gasteiger partial charge in [-0.25, -0.2) is 19.9 Å². The number of rotatable bonds is 6. The first-order valence-electron chi connectivity index (χ1n) is 20.3. The molecule has 0 spiro atoms. The van der Waals surface area contributed by atoms with Gasteiger partial charge < -0.3 is 31.7 Å². The molecular formula is C50H45Cl3N11O4PS2. The third kappa shape index (κ3) is 15.7. The van der Waals surface area contributed by atoms with Crippen LogP contribution < -0.4 is 22.5 Å². The lowest BCUT2D eigenvalue weighted by atomic mass is 10.1. The van der Waals surface area contributed by atoms with Crippen LogP contribution in [0.15, 0.2) is 187 Å². The zero-order valence-corrected chi connectivity index (χ0v) is 41.7. The number of anilines is 5. The molecule has 0 atom stereocenters. The first-order chi connectivity index (χ1) is 34.0. The highest BCUT2D eigenvalue weighted by Crippen LogP contribution is 2.37. The van der Waals surface area contributed by atoms with Crippen LogP contribution in [0.25, 0.3) is 55.7 Å². The fourth-order valence-corrected chi connectivity index (χ4v) is 7.32. The summed E-state index contributed by atoms with van der Waals surface area (Å²) in [6.07, 6.45) is 7.25. The lowest BCUT2D eigenvalue weighted by molar-refractivity contribution is 0.628. The molecule has 21 heteroatoms. The third-order valence-corrected chi connectivity index (χ3v) is 10.3. The highest BCUT2D eigenvalue weighted by atomic mass is 35.5. The molecule has 0 amide bonds. The average Bonchev–Trinajstić information content (AvgIpc) is 3.94. The molecule has 4 heterocycles. The lowest BCUT2D eigenvalue weighted by Crippen LogP contribution is -1.99. The van der Waals surface area contributed by atoms with Gasteiger partial charge in [-0.2, -0.15) is 16.8 Å². The number of nitrogen functional groups attached to an aromatic ring is 3. The van der Waals surface area contributed by atoms with Crippen LogP contribution in [0.2, 0.25) is 15.3 Å². The maximum absolute atomic E-state index is 8.29. The minimum absolute atomic E-state index is 0. The fourth-order valence-electron chi connectivity index (χ4n) is 6.80. The van der Waals surface area contributed by atoms with Crippen molar-refractivity contribution in [3.8, 4) is 33.9 Å². The van der Waals surface area contributed by atoms with Gasteiger partial charge in [0.05, 0.1) is 44.9 Å². The second kappa shape index (κ2) is 28.8. The van der Waals surface area contributed by atoms with Crippen molar-refractivity contribution in [3.63, 3.8) is 0 Å². The highest BCUT2D eigenvalue weighted by molar-refractivity contribution is 7.52. The zero-order valence-electron chi connectivity index (χ0n) is 36.8. The summed E-state index contributed by atoms with van der Waals surface area (Å²) in [5.41, 5.74) is 27.0. The number of nitrogens with one attached hydrogen (secondary N) is 1. The van der Waals surface area contributed by atoms with E-state index in [4.69, 9.17) is 73.8 Å². The quantitative estimate of drug-likeness (QED) is 0.0692. The Morgan fingerprint density at radius 3 is 1.38 bits per heavy atom. The molecular weight excluding hydrogens is 1020 g/mol. The van der Waals surface area contributed by atoms with Gasteiger partial charge in [-0.3, -0.25) is 4.74 Å². The van der Waals surface area contributed by atoms with Crippen molar-refractivity contribution in [2.75, 3.05) is 29.6 Å². The molecule has 0 fully saturated rings. The van der Waals surface area contributed by atoms with Gasteiger partial charge in [0.15, 0.2) is 0 Å². The van der Waals surface area contributed by atoms with Crippen molar-refractivity contribution in [1.82, 2.24) is 29.1 Å². The van der Waals surface area contributed by atoms with Gasteiger partial charge in [-0.15, -0.1) is 0 Å². The maximum Gasteiger partial charge on any atom is 0.335 e. The number of hydrogen-bond donors (Lipinski definition) is 4. The van der Waals surface area contributed by atoms with Crippen LogP contribution in [0, 0.1) is 0 Å². The third-order valence-electron chi connectivity index (χ3n) is 9.52. The first kappa shape index (κ1) is 56.0. The Kier molecular flexibility index (Phi) is 22.7. The number of halogens is 3. The summed E-state index contributed by atoms with van der Waals surface area (Å²) >= 11 is 17.3. The number of hydrogen-bond acceptors (Lipinski definition) is 13. The number of aromatic nitrogens is 6. The topological polar surface area (TPSA) is 232 Å². The number of fused-ring (bicyclic) bond motifs is 2. The summed E-state index contributed by atoms with van der Waals surface area (Å²) in [4.78, 5) is 17.3. The smallest absolute Gasteiger partial charge is 0.335 e. The highest BCUT2D eigenvalue weighted by Gasteiger charge is 2.18. The molecule has 0 aliphatic heterocycles. The molecule has 10 rings (SSSR count). The molecule has 362 valence electrons. The van der Waals surface area contributed by atoms with E-state index in [0.29, 0.717) is 44.4 Å². The number of nitrogens with two attached hydrogens (primary N) is 3. The molecule has 15 nitrogen and oxygen atoms in total. The van der Waals surface area contributed by atoms with Gasteiger partial charge in [0.2, 0.25) is 11.2 Å². The fraction of sp³-hybridized carbons (Fsp3) is 0.0400. The Morgan fingerprint density at radius 2 is 0.944 bits per heavy atom. The van der Waals surface area contributed by atoms with E-state index in [9.17, 15) is 0 Å². The van der Waals surface area contributed by atoms with Crippen molar-refractivity contribution in [2.45, 2.75) is 7.43 Å². The molecule has 0 saturated carbocycles. The molecule has 71 heavy (non-hydrogen) atoms. The molecule has 0 aliphatic carbocycles. The molecule has 4 aromatic heterocycles. The Balaban J connectivity index is 0.000000235. The van der Waals surface area contributed by atoms with Crippen molar-refractivity contribution in [2.24, 2.45) is 4.74 Å². The monoisotopic (exact) mass is 1060 g/mol. The van der Waals surface area contributed by atoms with Gasteiger partial charge >= 0.3 is 23.1 Å². The van der Waals surface area contributed by atoms with Crippen LogP contribution >= 0.6 is 43.8 Å². The Labute approximate surface area is 434 Å². The second-order valence-corrected chi connectivity index (χ2v) is 15.9. The van der Waals surface area contributed by atoms with E-state index in [1.807, 2.05) is 97.2 Å². The number of para-hydroxylation sites is 4. The SMILES string of the molecule is C.CN=P.Clc1ncc(Cl)c(-c2cn(-c3ccccc3)c3ccccc23)n1.Nc1cccc(N)c1.Nc1cccc(Nc2ncc(Cl)c(-c3cn(-c4ccccc4)c4ccccc34)n2)c1.O=S=O.O=S=O. The van der Waals surface area contributed by atoms with Crippen LogP contribution in [-0.4, -0.2) is 53.0 Å². The summed E-state index contributed by atoms with van der Waals surface area (Å²) in [7, 11) is 4.47. The summed E-state index contributed by atoms with van der Waals surface area (Å²) in [5, 5.41) is 6.48. The lowest BCUT2D eigenvalue weighted by Gasteiger charge is -2.08. The van der Waals surface area contributed by atoms with Crippen LogP contribution in [0.4, 0.5) is 28.7 Å². The summed E-state index contributed by atoms with van der Waals surface area (Å²) < 4.78 is 40.7. The Morgan fingerprint density at radius 1 is 0.549 bits per heavy atom. The molecule has 7 N–H and O–H groups in total. The van der Waals surface area contributed by atoms with Crippen molar-refractivity contribution >= 4 is 117 Å². The summed E-state index contributed by atoms with van der Waals surface area (Å²) in [6.45, 7) is 0. The minimum atomic E-state index is -0.750. The van der Waals surface area contributed by atoms with Crippen molar-refractivity contribution in [3.05, 3.63) is 198 Å². The van der Waals surface area contributed by atoms with E-state index < -0.39 is 23.1 Å². The number of nitrogens with zero attached hydrogens (tertiary/aromatic N) is 7. The Bertz CT molecular complexity index is 3370. The van der Waals surface area contributed by atoms with E-state index in [0.717, 1.165) is 50.0 Å². The van der Waals surface area contributed by atoms with Gasteiger partial charge in [-0.05, 0) is 93.4 Å². The van der Waals surface area contributed by atoms with Crippen LogP contribution in [0.3, 0.4) is 0 Å². The molecule has 10 aromatic rings. The van der Waals surface area contributed by atoms with E-state index in [2.05, 4.69) is 97.9 Å². The van der Waals surface area contributed by atoms with Gasteiger partial charge in [0, 0.05) is 75.5 Å². The molecule has 0 bridgehead atoms. The molecule has 0 aliphatic rings. The Hall–Kier alpha value is -7.63. The molecule has 6 aromatic carbocycles. The van der Waals surface area contributed by atoms with Gasteiger partial charge in [0.1, 0.15) is 0 Å². The molecule has 0 saturated heterocycles. The van der Waals surface area contributed by atoms with E-state index in [1.165, 1.54) is 6.20 Å². The van der Waals surface area contributed by atoms with Crippen molar-refractivity contribution in [1.29, 1.82) is 0 Å². The second-order valence-electron chi connectivity index (χ2n) is 14.0. The normalized spacial score (nSPS) is 9.75. The first-order valence-corrected chi connectivity index (χ1v) is 23.2.